The van der Waals surface area contributed by atoms with Crippen LogP contribution >= 0.6 is 0 Å². The first kappa shape index (κ1) is 14.9. The van der Waals surface area contributed by atoms with Gasteiger partial charge in [-0.3, -0.25) is 24.6 Å². The van der Waals surface area contributed by atoms with E-state index in [9.17, 15) is 19.7 Å². The van der Waals surface area contributed by atoms with E-state index in [1.165, 1.54) is 18.2 Å². The van der Waals surface area contributed by atoms with Gasteiger partial charge in [0, 0.05) is 12.1 Å². The highest BCUT2D eigenvalue weighted by Gasteiger charge is 2.42. The maximum atomic E-state index is 12.6. The van der Waals surface area contributed by atoms with Crippen LogP contribution < -0.4 is 0 Å². The van der Waals surface area contributed by atoms with Crippen molar-refractivity contribution in [3.8, 4) is 0 Å². The molecule has 3 rings (SSSR count). The highest BCUT2D eigenvalue weighted by molar-refractivity contribution is 6.23. The van der Waals surface area contributed by atoms with Crippen LogP contribution in [0.25, 0.3) is 0 Å². The highest BCUT2D eigenvalue weighted by atomic mass is 16.6. The minimum Gasteiger partial charge on any atom is -0.271 e. The summed E-state index contributed by atoms with van der Waals surface area (Å²) >= 11 is 0. The molecular weight excluding hydrogens is 296 g/mol. The first-order valence-electron chi connectivity index (χ1n) is 7.20. The van der Waals surface area contributed by atoms with Crippen LogP contribution in [0.1, 0.15) is 33.2 Å². The molecule has 116 valence electrons. The summed E-state index contributed by atoms with van der Waals surface area (Å²) in [5.74, 6) is -1.07. The number of nitro benzene ring substituents is 1. The number of amides is 2. The lowest BCUT2D eigenvalue weighted by atomic mass is 10.1. The fourth-order valence-corrected chi connectivity index (χ4v) is 2.88. The van der Waals surface area contributed by atoms with E-state index in [1.807, 2.05) is 30.3 Å². The summed E-state index contributed by atoms with van der Waals surface area (Å²) in [6.45, 7) is 1.76. The molecule has 2 amide bonds. The molecule has 6 heteroatoms. The number of hydrogen-bond acceptors (Lipinski definition) is 4. The molecule has 0 unspecified atom stereocenters. The van der Waals surface area contributed by atoms with Gasteiger partial charge in [-0.05, 0) is 25.0 Å². The van der Waals surface area contributed by atoms with Gasteiger partial charge in [-0.2, -0.15) is 0 Å². The molecule has 0 saturated heterocycles. The zero-order valence-electron chi connectivity index (χ0n) is 12.4. The van der Waals surface area contributed by atoms with E-state index in [2.05, 4.69) is 0 Å². The third-order valence-corrected chi connectivity index (χ3v) is 3.94. The molecule has 23 heavy (non-hydrogen) atoms. The average Bonchev–Trinajstić information content (AvgIpc) is 2.80. The Labute approximate surface area is 132 Å². The summed E-state index contributed by atoms with van der Waals surface area (Å²) in [4.78, 5) is 36.7. The highest BCUT2D eigenvalue weighted by Crippen LogP contribution is 2.32. The largest absolute Gasteiger partial charge is 0.282 e. The molecule has 1 aliphatic rings. The van der Waals surface area contributed by atoms with E-state index in [0.717, 1.165) is 10.5 Å². The summed E-state index contributed by atoms with van der Waals surface area (Å²) in [7, 11) is 0. The Hall–Kier alpha value is -3.02. The monoisotopic (exact) mass is 310 g/mol. The minimum atomic E-state index is -0.630. The predicted molar refractivity (Wildman–Crippen MR) is 83.2 cm³/mol. The van der Waals surface area contributed by atoms with Crippen molar-refractivity contribution in [2.24, 2.45) is 0 Å². The molecule has 0 bridgehead atoms. The lowest BCUT2D eigenvalue weighted by Gasteiger charge is -2.22. The molecular formula is C17H14N2O4. The summed E-state index contributed by atoms with van der Waals surface area (Å²) in [6.07, 6.45) is 0.500. The summed E-state index contributed by atoms with van der Waals surface area (Å²) in [6, 6.07) is 13.2. The fourth-order valence-electron chi connectivity index (χ4n) is 2.88. The maximum Gasteiger partial charge on any atom is 0.282 e. The molecule has 1 atom stereocenters. The second-order valence-electron chi connectivity index (χ2n) is 5.48. The quantitative estimate of drug-likeness (QED) is 0.494. The number of nitrogens with zero attached hydrogens (tertiary/aromatic N) is 2. The van der Waals surface area contributed by atoms with E-state index in [1.54, 1.807) is 6.92 Å². The van der Waals surface area contributed by atoms with E-state index in [-0.39, 0.29) is 22.9 Å². The smallest absolute Gasteiger partial charge is 0.271 e. The Balaban J connectivity index is 1.94. The van der Waals surface area contributed by atoms with Crippen LogP contribution in [0.4, 0.5) is 5.69 Å². The van der Waals surface area contributed by atoms with Crippen molar-refractivity contribution in [3.05, 3.63) is 75.3 Å². The van der Waals surface area contributed by atoms with Gasteiger partial charge in [0.05, 0.1) is 10.5 Å². The van der Waals surface area contributed by atoms with E-state index < -0.39 is 16.7 Å². The zero-order valence-corrected chi connectivity index (χ0v) is 12.4. The van der Waals surface area contributed by atoms with Crippen molar-refractivity contribution >= 4 is 17.5 Å². The number of hydrogen-bond donors (Lipinski definition) is 0. The number of fused-ring (bicyclic) bond motifs is 1. The van der Waals surface area contributed by atoms with E-state index in [0.29, 0.717) is 6.42 Å². The van der Waals surface area contributed by atoms with Crippen LogP contribution in [-0.2, 0) is 6.42 Å². The fraction of sp³-hybridized carbons (Fsp3) is 0.176. The van der Waals surface area contributed by atoms with E-state index >= 15 is 0 Å². The number of carbonyl (C=O) groups is 2. The van der Waals surface area contributed by atoms with Gasteiger partial charge in [0.25, 0.3) is 17.5 Å². The molecule has 6 nitrogen and oxygen atoms in total. The average molecular weight is 310 g/mol. The number of nitro groups is 1. The van der Waals surface area contributed by atoms with Crippen LogP contribution in [0.15, 0.2) is 48.5 Å². The molecule has 0 saturated carbocycles. The predicted octanol–water partition coefficient (Wildman–Crippen LogP) is 2.82. The number of benzene rings is 2. The second-order valence-corrected chi connectivity index (χ2v) is 5.48. The van der Waals surface area contributed by atoms with Crippen molar-refractivity contribution in [1.29, 1.82) is 0 Å². The first-order valence-corrected chi connectivity index (χ1v) is 7.20. The van der Waals surface area contributed by atoms with Gasteiger partial charge >= 0.3 is 0 Å². The van der Waals surface area contributed by atoms with Crippen molar-refractivity contribution in [2.75, 3.05) is 0 Å². The van der Waals surface area contributed by atoms with Gasteiger partial charge in [0.15, 0.2) is 0 Å². The van der Waals surface area contributed by atoms with Gasteiger partial charge in [-0.1, -0.05) is 36.4 Å². The normalized spacial score (nSPS) is 14.7. The number of rotatable bonds is 4. The molecule has 0 radical (unpaired) electrons. The van der Waals surface area contributed by atoms with Crippen LogP contribution in [0.3, 0.4) is 0 Å². The topological polar surface area (TPSA) is 80.5 Å². The van der Waals surface area contributed by atoms with Gasteiger partial charge in [-0.25, -0.2) is 0 Å². The number of carbonyl (C=O) groups excluding carboxylic acids is 2. The Morgan fingerprint density at radius 3 is 2.39 bits per heavy atom. The molecule has 0 spiro atoms. The lowest BCUT2D eigenvalue weighted by molar-refractivity contribution is -0.385. The summed E-state index contributed by atoms with van der Waals surface area (Å²) < 4.78 is 0. The first-order chi connectivity index (χ1) is 11.0. The molecule has 0 aromatic heterocycles. The molecule has 0 N–H and O–H groups in total. The van der Waals surface area contributed by atoms with Crippen LogP contribution in [0.2, 0.25) is 0 Å². The third-order valence-electron chi connectivity index (χ3n) is 3.94. The Morgan fingerprint density at radius 2 is 1.74 bits per heavy atom. The Kier molecular flexibility index (Phi) is 3.65. The second kappa shape index (κ2) is 5.64. The number of imide groups is 1. The van der Waals surface area contributed by atoms with Crippen molar-refractivity contribution < 1.29 is 14.5 Å². The van der Waals surface area contributed by atoms with E-state index in [4.69, 9.17) is 0 Å². The molecule has 0 fully saturated rings. The molecule has 1 aliphatic heterocycles. The zero-order chi connectivity index (χ0) is 16.6. The molecule has 1 heterocycles. The van der Waals surface area contributed by atoms with Gasteiger partial charge in [0.2, 0.25) is 0 Å². The van der Waals surface area contributed by atoms with Crippen LogP contribution in [0.5, 0.6) is 0 Å². The summed E-state index contributed by atoms with van der Waals surface area (Å²) in [5, 5.41) is 11.1. The third kappa shape index (κ3) is 2.48. The van der Waals surface area contributed by atoms with Gasteiger partial charge in [0.1, 0.15) is 5.56 Å². The molecule has 2 aromatic rings. The maximum absolute atomic E-state index is 12.6. The van der Waals surface area contributed by atoms with Crippen molar-refractivity contribution in [2.45, 2.75) is 19.4 Å². The SMILES string of the molecule is C[C@@H](Cc1ccccc1)N1C(=O)c2cccc([N+](=O)[O-])c2C1=O. The summed E-state index contributed by atoms with van der Waals surface area (Å²) in [5.41, 5.74) is 0.660. The van der Waals surface area contributed by atoms with Crippen molar-refractivity contribution in [1.82, 2.24) is 4.90 Å². The van der Waals surface area contributed by atoms with Gasteiger partial charge < -0.3 is 0 Å². The molecule has 2 aromatic carbocycles. The Bertz CT molecular complexity index is 801. The minimum absolute atomic E-state index is 0.101. The van der Waals surface area contributed by atoms with Crippen molar-refractivity contribution in [3.63, 3.8) is 0 Å². The lowest BCUT2D eigenvalue weighted by Crippen LogP contribution is -2.39. The molecule has 0 aliphatic carbocycles. The van der Waals surface area contributed by atoms with Crippen LogP contribution in [-0.4, -0.2) is 27.7 Å². The standard InChI is InChI=1S/C17H14N2O4/c1-11(10-12-6-3-2-4-7-12)18-16(20)13-8-5-9-14(19(22)23)15(13)17(18)21/h2-9,11H,10H2,1H3/t11-/m0/s1. The van der Waals surface area contributed by atoms with Gasteiger partial charge in [-0.15, -0.1) is 0 Å². The van der Waals surface area contributed by atoms with Crippen LogP contribution in [0, 0.1) is 10.1 Å². The Morgan fingerprint density at radius 1 is 1.04 bits per heavy atom.